The highest BCUT2D eigenvalue weighted by molar-refractivity contribution is 5.92. The molecule has 0 spiro atoms. The van der Waals surface area contributed by atoms with Crippen molar-refractivity contribution in [2.75, 3.05) is 5.32 Å². The average Bonchev–Trinajstić information content (AvgIpc) is 2.98. The number of amides is 2. The number of anilines is 1. The van der Waals surface area contributed by atoms with Crippen LogP contribution in [0.15, 0.2) is 72.8 Å². The van der Waals surface area contributed by atoms with Crippen molar-refractivity contribution in [1.82, 2.24) is 4.90 Å². The molecule has 0 saturated carbocycles. The van der Waals surface area contributed by atoms with Crippen LogP contribution in [0, 0.1) is 5.82 Å². The predicted molar refractivity (Wildman–Crippen MR) is 130 cm³/mol. The molecular weight excluding hydrogens is 431 g/mol. The first-order valence-corrected chi connectivity index (χ1v) is 11.7. The summed E-state index contributed by atoms with van der Waals surface area (Å²) in [5, 5.41) is 2.91. The topological polar surface area (TPSA) is 58.6 Å². The van der Waals surface area contributed by atoms with Gasteiger partial charge in [0.2, 0.25) is 5.91 Å². The molecule has 1 heterocycles. The van der Waals surface area contributed by atoms with Crippen LogP contribution in [-0.2, 0) is 22.6 Å². The van der Waals surface area contributed by atoms with Crippen LogP contribution in [0.25, 0.3) is 0 Å². The summed E-state index contributed by atoms with van der Waals surface area (Å²) < 4.78 is 19.2. The van der Waals surface area contributed by atoms with Crippen molar-refractivity contribution >= 4 is 17.5 Å². The molecule has 5 nitrogen and oxygen atoms in total. The largest absolute Gasteiger partial charge is 0.480 e. The summed E-state index contributed by atoms with van der Waals surface area (Å²) in [6, 6.07) is 21.3. The molecule has 1 N–H and O–H groups in total. The van der Waals surface area contributed by atoms with Crippen molar-refractivity contribution in [3.63, 3.8) is 0 Å². The zero-order valence-corrected chi connectivity index (χ0v) is 19.5. The van der Waals surface area contributed by atoms with Gasteiger partial charge in [0.25, 0.3) is 5.91 Å². The minimum Gasteiger partial charge on any atom is -0.480 e. The Morgan fingerprint density at radius 2 is 1.82 bits per heavy atom. The Kier molecular flexibility index (Phi) is 7.26. The van der Waals surface area contributed by atoms with Gasteiger partial charge in [-0.2, -0.15) is 0 Å². The predicted octanol–water partition coefficient (Wildman–Crippen LogP) is 5.66. The maximum Gasteiger partial charge on any atom is 0.264 e. The van der Waals surface area contributed by atoms with Gasteiger partial charge in [-0.1, -0.05) is 56.3 Å². The number of halogens is 1. The number of rotatable bonds is 7. The third kappa shape index (κ3) is 5.28. The number of hydrogen-bond acceptors (Lipinski definition) is 3. The first-order valence-electron chi connectivity index (χ1n) is 11.7. The first kappa shape index (κ1) is 23.5. The van der Waals surface area contributed by atoms with Crippen molar-refractivity contribution in [3.05, 3.63) is 95.3 Å². The van der Waals surface area contributed by atoms with Crippen molar-refractivity contribution in [2.45, 2.75) is 51.8 Å². The Bertz CT molecular complexity index is 1150. The molecule has 2 amide bonds. The van der Waals surface area contributed by atoms with Crippen molar-refractivity contribution < 1.29 is 18.7 Å². The van der Waals surface area contributed by atoms with Crippen LogP contribution in [0.5, 0.6) is 5.75 Å². The van der Waals surface area contributed by atoms with Gasteiger partial charge in [-0.25, -0.2) is 4.39 Å². The Morgan fingerprint density at radius 3 is 2.50 bits per heavy atom. The standard InChI is InChI=1S/C28H29FN2O3/c1-3-24(20-8-6-5-7-9-20)31-18-21-17-23(14-15-26(21)34-25(4-2)28(31)33)30-27(32)16-19-10-12-22(29)13-11-19/h5-15,17,24-25H,3-4,16,18H2,1-2H3,(H,30,32)/t24-,25-/m0/s1. The van der Waals surface area contributed by atoms with E-state index in [9.17, 15) is 14.0 Å². The summed E-state index contributed by atoms with van der Waals surface area (Å²) in [5.41, 5.74) is 3.29. The number of carbonyl (C=O) groups is 2. The lowest BCUT2D eigenvalue weighted by atomic mass is 10.0. The Hall–Kier alpha value is -3.67. The minimum absolute atomic E-state index is 0.0312. The van der Waals surface area contributed by atoms with Crippen LogP contribution in [0.1, 0.15) is 49.4 Å². The number of benzene rings is 3. The fourth-order valence-electron chi connectivity index (χ4n) is 4.37. The van der Waals surface area contributed by atoms with Crippen LogP contribution in [-0.4, -0.2) is 22.8 Å². The second kappa shape index (κ2) is 10.5. The summed E-state index contributed by atoms with van der Waals surface area (Å²) in [6.45, 7) is 4.41. The highest BCUT2D eigenvalue weighted by Crippen LogP contribution is 2.34. The van der Waals surface area contributed by atoms with E-state index in [0.29, 0.717) is 24.4 Å². The summed E-state index contributed by atoms with van der Waals surface area (Å²) in [7, 11) is 0. The molecule has 0 unspecified atom stereocenters. The third-order valence-electron chi connectivity index (χ3n) is 6.11. The fraction of sp³-hybridized carbons (Fsp3) is 0.286. The van der Waals surface area contributed by atoms with Gasteiger partial charge in [-0.3, -0.25) is 9.59 Å². The molecule has 4 rings (SSSR count). The summed E-state index contributed by atoms with van der Waals surface area (Å²) >= 11 is 0. The third-order valence-corrected chi connectivity index (χ3v) is 6.11. The van der Waals surface area contributed by atoms with Crippen molar-refractivity contribution in [3.8, 4) is 5.75 Å². The number of nitrogens with one attached hydrogen (secondary N) is 1. The molecule has 1 aliphatic rings. The molecule has 176 valence electrons. The number of ether oxygens (including phenoxy) is 1. The van der Waals surface area contributed by atoms with Crippen molar-refractivity contribution in [1.29, 1.82) is 0 Å². The zero-order valence-electron chi connectivity index (χ0n) is 19.5. The second-order valence-electron chi connectivity index (χ2n) is 8.49. The quantitative estimate of drug-likeness (QED) is 0.495. The van der Waals surface area contributed by atoms with Gasteiger partial charge in [0.05, 0.1) is 19.0 Å². The maximum absolute atomic E-state index is 13.4. The lowest BCUT2D eigenvalue weighted by molar-refractivity contribution is -0.141. The Labute approximate surface area is 199 Å². The van der Waals surface area contributed by atoms with E-state index in [1.807, 2.05) is 54.3 Å². The van der Waals surface area contributed by atoms with Gasteiger partial charge in [0.15, 0.2) is 6.10 Å². The molecule has 2 atom stereocenters. The lowest BCUT2D eigenvalue weighted by Crippen LogP contribution is -2.41. The maximum atomic E-state index is 13.4. The number of nitrogens with zero attached hydrogens (tertiary/aromatic N) is 1. The van der Waals surface area contributed by atoms with Gasteiger partial charge >= 0.3 is 0 Å². The number of fused-ring (bicyclic) bond motifs is 1. The number of hydrogen-bond donors (Lipinski definition) is 1. The normalized spacial score (nSPS) is 16.3. The highest BCUT2D eigenvalue weighted by atomic mass is 19.1. The molecule has 0 radical (unpaired) electrons. The summed E-state index contributed by atoms with van der Waals surface area (Å²) in [5.74, 6) is 0.0925. The van der Waals surface area contributed by atoms with Crippen LogP contribution < -0.4 is 10.1 Å². The van der Waals surface area contributed by atoms with E-state index in [4.69, 9.17) is 4.74 Å². The minimum atomic E-state index is -0.557. The van der Waals surface area contributed by atoms with E-state index in [-0.39, 0.29) is 30.1 Å². The first-order chi connectivity index (χ1) is 16.5. The summed E-state index contributed by atoms with van der Waals surface area (Å²) in [6.07, 6.45) is 0.923. The molecule has 3 aromatic carbocycles. The fourth-order valence-corrected chi connectivity index (χ4v) is 4.37. The van der Waals surface area contributed by atoms with Gasteiger partial charge in [0, 0.05) is 11.3 Å². The van der Waals surface area contributed by atoms with Crippen LogP contribution in [0.4, 0.5) is 10.1 Å². The van der Waals surface area contributed by atoms with Crippen LogP contribution in [0.2, 0.25) is 0 Å². The molecule has 6 heteroatoms. The molecule has 1 aliphatic heterocycles. The molecule has 0 fully saturated rings. The van der Waals surface area contributed by atoms with Gasteiger partial charge in [-0.15, -0.1) is 0 Å². The lowest BCUT2D eigenvalue weighted by Gasteiger charge is -2.32. The highest BCUT2D eigenvalue weighted by Gasteiger charge is 2.34. The average molecular weight is 461 g/mol. The van der Waals surface area contributed by atoms with E-state index < -0.39 is 6.10 Å². The van der Waals surface area contributed by atoms with Gasteiger partial charge in [0.1, 0.15) is 11.6 Å². The summed E-state index contributed by atoms with van der Waals surface area (Å²) in [4.78, 5) is 27.9. The van der Waals surface area contributed by atoms with E-state index in [1.54, 1.807) is 18.2 Å². The van der Waals surface area contributed by atoms with E-state index in [0.717, 1.165) is 23.1 Å². The van der Waals surface area contributed by atoms with E-state index in [2.05, 4.69) is 12.2 Å². The molecule has 34 heavy (non-hydrogen) atoms. The molecule has 0 bridgehead atoms. The monoisotopic (exact) mass is 460 g/mol. The van der Waals surface area contributed by atoms with Gasteiger partial charge in [-0.05, 0) is 54.3 Å². The van der Waals surface area contributed by atoms with Gasteiger partial charge < -0.3 is 15.0 Å². The number of carbonyl (C=O) groups excluding carboxylic acids is 2. The van der Waals surface area contributed by atoms with E-state index in [1.165, 1.54) is 12.1 Å². The van der Waals surface area contributed by atoms with Crippen molar-refractivity contribution in [2.24, 2.45) is 0 Å². The van der Waals surface area contributed by atoms with Crippen LogP contribution >= 0.6 is 0 Å². The molecular formula is C28H29FN2O3. The smallest absolute Gasteiger partial charge is 0.264 e. The Morgan fingerprint density at radius 1 is 1.09 bits per heavy atom. The zero-order chi connectivity index (χ0) is 24.1. The molecule has 0 aliphatic carbocycles. The second-order valence-corrected chi connectivity index (χ2v) is 8.49. The molecule has 3 aromatic rings. The molecule has 0 saturated heterocycles. The van der Waals surface area contributed by atoms with E-state index >= 15 is 0 Å². The Balaban J connectivity index is 1.58. The van der Waals surface area contributed by atoms with Crippen LogP contribution in [0.3, 0.4) is 0 Å². The molecule has 0 aromatic heterocycles. The SMILES string of the molecule is CC[C@@H]1Oc2ccc(NC(=O)Cc3ccc(F)cc3)cc2CN([C@@H](CC)c2ccccc2)C1=O.